The number of carboxylic acid groups (broad SMARTS) is 2. The number of imidazole rings is 1. The van der Waals surface area contributed by atoms with Gasteiger partial charge in [0, 0.05) is 37.8 Å². The molecule has 376 valence electrons. The highest BCUT2D eigenvalue weighted by Gasteiger charge is 2.41. The quantitative estimate of drug-likeness (QED) is 0.0322. The average Bonchev–Trinajstić information content (AvgIpc) is 3.97. The maximum absolute atomic E-state index is 14.4. The van der Waals surface area contributed by atoms with E-state index in [1.54, 1.807) is 13.8 Å². The normalized spacial score (nSPS) is 16.8. The Morgan fingerprint density at radius 1 is 0.882 bits per heavy atom. The number of hydrogen-bond acceptors (Lipinski definition) is 12. The van der Waals surface area contributed by atoms with E-state index in [-0.39, 0.29) is 51.2 Å². The molecule has 0 saturated carbocycles. The number of aromatic nitrogens is 2. The Hall–Kier alpha value is -6.99. The number of guanidine groups is 1. The van der Waals surface area contributed by atoms with Crippen LogP contribution in [0.1, 0.15) is 83.0 Å². The number of nitrogens with one attached hydrogen (secondary N) is 6. The minimum Gasteiger partial charge on any atom is -0.508 e. The zero-order valence-corrected chi connectivity index (χ0v) is 38.0. The van der Waals surface area contributed by atoms with E-state index in [2.05, 4.69) is 41.5 Å². The molecule has 1 fully saturated rings. The van der Waals surface area contributed by atoms with Gasteiger partial charge in [-0.2, -0.15) is 13.2 Å². The Bertz CT molecular complexity index is 2140. The number of phenolic OH excluding ortho intramolecular Hbond substituents is 1. The van der Waals surface area contributed by atoms with Crippen LogP contribution >= 0.6 is 0 Å². The van der Waals surface area contributed by atoms with Crippen molar-refractivity contribution in [2.24, 2.45) is 34.0 Å². The fourth-order valence-electron chi connectivity index (χ4n) is 7.34. The average molecular weight is 967 g/mol. The lowest BCUT2D eigenvalue weighted by molar-refractivity contribution is -0.149. The maximum Gasteiger partial charge on any atom is 0.416 e. The largest absolute Gasteiger partial charge is 0.508 e. The predicted octanol–water partition coefficient (Wildman–Crippen LogP) is -1.02. The van der Waals surface area contributed by atoms with E-state index in [1.807, 2.05) is 0 Å². The first kappa shape index (κ1) is 55.3. The highest BCUT2D eigenvalue weighted by Crippen LogP contribution is 2.35. The first-order valence-electron chi connectivity index (χ1n) is 21.8. The molecule has 1 aliphatic heterocycles. The summed E-state index contributed by atoms with van der Waals surface area (Å²) in [5.41, 5.74) is 14.9. The molecule has 0 aliphatic carbocycles. The van der Waals surface area contributed by atoms with Crippen LogP contribution in [0.5, 0.6) is 5.75 Å². The van der Waals surface area contributed by atoms with Crippen molar-refractivity contribution in [3.05, 3.63) is 47.5 Å². The van der Waals surface area contributed by atoms with Crippen LogP contribution in [0.25, 0.3) is 0 Å². The van der Waals surface area contributed by atoms with E-state index in [1.165, 1.54) is 26.4 Å². The lowest BCUT2D eigenvalue weighted by atomic mass is 9.95. The molecule has 0 unspecified atom stereocenters. The van der Waals surface area contributed by atoms with Crippen LogP contribution in [0.15, 0.2) is 35.7 Å². The lowest BCUT2D eigenvalue weighted by Crippen LogP contribution is -2.62. The highest BCUT2D eigenvalue weighted by molar-refractivity contribution is 5.97. The van der Waals surface area contributed by atoms with Gasteiger partial charge in [-0.05, 0) is 55.2 Å². The summed E-state index contributed by atoms with van der Waals surface area (Å²) in [7, 11) is 0. The third-order valence-electron chi connectivity index (χ3n) is 11.2. The molecule has 8 atom stereocenters. The van der Waals surface area contributed by atoms with Crippen molar-refractivity contribution in [3.63, 3.8) is 0 Å². The fraction of sp³-hybridized carbons (Fsp3) is 0.571. The van der Waals surface area contributed by atoms with Crippen molar-refractivity contribution in [2.75, 3.05) is 13.1 Å². The van der Waals surface area contributed by atoms with Gasteiger partial charge in [-0.3, -0.25) is 38.6 Å². The third kappa shape index (κ3) is 16.4. The molecule has 26 heteroatoms. The Kier molecular flexibility index (Phi) is 20.5. The smallest absolute Gasteiger partial charge is 0.416 e. The monoisotopic (exact) mass is 966 g/mol. The van der Waals surface area contributed by atoms with Gasteiger partial charge in [-0.1, -0.05) is 40.2 Å². The number of H-pyrrole nitrogens is 1. The van der Waals surface area contributed by atoms with E-state index in [0.29, 0.717) is 18.2 Å². The highest BCUT2D eigenvalue weighted by atomic mass is 19.4. The first-order chi connectivity index (χ1) is 31.8. The van der Waals surface area contributed by atoms with Gasteiger partial charge in [-0.15, -0.1) is 0 Å². The number of phenols is 1. The van der Waals surface area contributed by atoms with Crippen molar-refractivity contribution in [1.29, 1.82) is 0 Å². The summed E-state index contributed by atoms with van der Waals surface area (Å²) < 4.78 is 43.1. The Morgan fingerprint density at radius 2 is 1.50 bits per heavy atom. The summed E-state index contributed by atoms with van der Waals surface area (Å²) in [5, 5.41) is 41.2. The number of nitrogens with two attached hydrogens (primary N) is 3. The molecule has 3 rings (SSSR count). The van der Waals surface area contributed by atoms with Crippen LogP contribution in [0.2, 0.25) is 0 Å². The van der Waals surface area contributed by atoms with Gasteiger partial charge in [0.1, 0.15) is 42.0 Å². The third-order valence-corrected chi connectivity index (χ3v) is 11.2. The standard InChI is InChI=1S/C42H61F3N12O11/c1-5-21(4)33(38(65)54-29(15-23-18-49-19-51-23)39(66)57-13-7-9-30(57)40(67)68)56-36(63)28(14-22-10-11-24(58)16-25(22)42(43,44)45)53-37(64)32(20(2)3)55-35(62)27(8-6-12-50-41(47)48)52-34(61)26(46)17-31(59)60/h10-11,16,18-21,26-30,32-33,58H,5-9,12-15,17,46H2,1-4H3,(H,49,51)(H,52,61)(H,53,64)(H,54,65)(H,55,62)(H,56,63)(H,59,60)(H,67,68)(H4,47,48,50)/t21-,26-,27-,28-,29-,30-,32-,33-/m0/s1. The first-order valence-corrected chi connectivity index (χ1v) is 21.8. The number of carboxylic acids is 2. The number of aliphatic carboxylic acids is 2. The van der Waals surface area contributed by atoms with Gasteiger partial charge in [0.25, 0.3) is 0 Å². The van der Waals surface area contributed by atoms with Gasteiger partial charge in [0.05, 0.1) is 24.4 Å². The molecule has 0 bridgehead atoms. The van der Waals surface area contributed by atoms with Gasteiger partial charge >= 0.3 is 18.1 Å². The summed E-state index contributed by atoms with van der Waals surface area (Å²) in [6.45, 7) is 6.29. The van der Waals surface area contributed by atoms with E-state index < -0.39 is 137 Å². The van der Waals surface area contributed by atoms with Crippen molar-refractivity contribution < 1.29 is 66.8 Å². The number of aromatic hydroxyl groups is 1. The second-order valence-electron chi connectivity index (χ2n) is 16.8. The van der Waals surface area contributed by atoms with Crippen molar-refractivity contribution in [2.45, 2.75) is 128 Å². The van der Waals surface area contributed by atoms with Crippen LogP contribution in [0.4, 0.5) is 13.2 Å². The number of alkyl halides is 3. The molecule has 1 aromatic carbocycles. The van der Waals surface area contributed by atoms with Crippen LogP contribution in [0, 0.1) is 11.8 Å². The maximum atomic E-state index is 14.4. The Balaban J connectivity index is 2.01. The van der Waals surface area contributed by atoms with Crippen LogP contribution < -0.4 is 43.8 Å². The second kappa shape index (κ2) is 25.2. The van der Waals surface area contributed by atoms with Crippen LogP contribution in [-0.2, 0) is 57.4 Å². The number of carbonyl (C=O) groups is 8. The van der Waals surface area contributed by atoms with Gasteiger partial charge in [-0.25, -0.2) is 9.78 Å². The minimum absolute atomic E-state index is 0.00819. The zero-order chi connectivity index (χ0) is 51.0. The summed E-state index contributed by atoms with van der Waals surface area (Å²) in [4.78, 5) is 118. The molecule has 15 N–H and O–H groups in total. The summed E-state index contributed by atoms with van der Waals surface area (Å²) in [5.74, 6) is -11.1. The molecule has 1 aromatic heterocycles. The number of rotatable bonds is 25. The van der Waals surface area contributed by atoms with Crippen molar-refractivity contribution in [3.8, 4) is 5.75 Å². The fourth-order valence-corrected chi connectivity index (χ4v) is 7.34. The van der Waals surface area contributed by atoms with Crippen LogP contribution in [-0.4, -0.2) is 139 Å². The summed E-state index contributed by atoms with van der Waals surface area (Å²) in [6.07, 6.45) is -3.48. The summed E-state index contributed by atoms with van der Waals surface area (Å²) in [6, 6.07) is -8.29. The molecule has 0 spiro atoms. The topological polar surface area (TPSA) is 380 Å². The van der Waals surface area contributed by atoms with Crippen molar-refractivity contribution >= 4 is 53.3 Å². The molecule has 1 saturated heterocycles. The van der Waals surface area contributed by atoms with Crippen molar-refractivity contribution in [1.82, 2.24) is 41.5 Å². The number of likely N-dealkylation sites (tertiary alicyclic amines) is 1. The SMILES string of the molecule is CC[C@H](C)[C@H](NC(=O)[C@H](Cc1ccc(O)cc1C(F)(F)F)NC(=O)[C@@H](NC(=O)[C@H](CCCN=C(N)N)NC(=O)[C@@H](N)CC(=O)O)C(C)C)C(=O)N[C@@H](Cc1cnc[nH]1)C(=O)N1CCC[C@H]1C(=O)O. The number of benzene rings is 1. The summed E-state index contributed by atoms with van der Waals surface area (Å²) >= 11 is 0. The zero-order valence-electron chi connectivity index (χ0n) is 38.0. The lowest BCUT2D eigenvalue weighted by Gasteiger charge is -2.31. The molecular weight excluding hydrogens is 906 g/mol. The molecule has 2 heterocycles. The van der Waals surface area contributed by atoms with E-state index in [9.17, 15) is 61.7 Å². The molecule has 0 radical (unpaired) electrons. The number of amides is 6. The molecule has 6 amide bonds. The number of aliphatic imine (C=N–C) groups is 1. The minimum atomic E-state index is -5.06. The van der Waals surface area contributed by atoms with Gasteiger partial charge in [0.2, 0.25) is 35.4 Å². The van der Waals surface area contributed by atoms with Gasteiger partial charge in [0.15, 0.2) is 5.96 Å². The van der Waals surface area contributed by atoms with E-state index >= 15 is 0 Å². The number of hydrogen-bond donors (Lipinski definition) is 12. The Labute approximate surface area is 389 Å². The molecule has 2 aromatic rings. The Morgan fingerprint density at radius 3 is 2.07 bits per heavy atom. The number of nitrogens with zero attached hydrogens (tertiary/aromatic N) is 3. The molecule has 23 nitrogen and oxygen atoms in total. The number of carbonyl (C=O) groups excluding carboxylic acids is 6. The number of halogens is 3. The molecule has 1 aliphatic rings. The second-order valence-corrected chi connectivity index (χ2v) is 16.8. The molecular formula is C42H61F3N12O11. The van der Waals surface area contributed by atoms with Gasteiger partial charge < -0.3 is 69.0 Å². The van der Waals surface area contributed by atoms with Crippen LogP contribution in [0.3, 0.4) is 0 Å². The number of aromatic amines is 1. The molecule has 68 heavy (non-hydrogen) atoms. The van der Waals surface area contributed by atoms with E-state index in [0.717, 1.165) is 17.0 Å². The predicted molar refractivity (Wildman–Crippen MR) is 236 cm³/mol. The van der Waals surface area contributed by atoms with E-state index in [4.69, 9.17) is 22.3 Å².